The van der Waals surface area contributed by atoms with Gasteiger partial charge in [-0.1, -0.05) is 6.58 Å². The minimum atomic E-state index is 0.352. The van der Waals surface area contributed by atoms with E-state index < -0.39 is 0 Å². The zero-order valence-electron chi connectivity index (χ0n) is 9.72. The molecule has 17 heavy (non-hydrogen) atoms. The third kappa shape index (κ3) is 2.99. The second-order valence-corrected chi connectivity index (χ2v) is 3.91. The average Bonchev–Trinajstić information content (AvgIpc) is 2.37. The third-order valence-electron chi connectivity index (χ3n) is 2.65. The van der Waals surface area contributed by atoms with Crippen LogP contribution in [0.4, 0.5) is 17.6 Å². The van der Waals surface area contributed by atoms with Gasteiger partial charge < -0.3 is 15.5 Å². The number of hydrogen-bond acceptors (Lipinski definition) is 6. The Kier molecular flexibility index (Phi) is 3.64. The number of nitrogen functional groups attached to an aromatic ring is 1. The molecule has 1 saturated heterocycles. The highest BCUT2D eigenvalue weighted by atomic mass is 16.6. The number of anilines is 3. The van der Waals surface area contributed by atoms with Crippen LogP contribution in [0.15, 0.2) is 18.9 Å². The van der Waals surface area contributed by atoms with E-state index in [9.17, 15) is 0 Å². The molecule has 2 rings (SSSR count). The van der Waals surface area contributed by atoms with Crippen molar-refractivity contribution in [2.75, 3.05) is 29.2 Å². The molecule has 0 aromatic carbocycles. The third-order valence-corrected chi connectivity index (χ3v) is 2.65. The van der Waals surface area contributed by atoms with Gasteiger partial charge in [0.25, 0.3) is 5.95 Å². The molecule has 0 spiro atoms. The topological polar surface area (TPSA) is 76.3 Å². The first-order valence-corrected chi connectivity index (χ1v) is 5.71. The van der Waals surface area contributed by atoms with Gasteiger partial charge in [-0.25, -0.2) is 0 Å². The molecule has 0 amide bonds. The number of aromatic nitrogens is 2. The Morgan fingerprint density at radius 1 is 1.35 bits per heavy atom. The van der Waals surface area contributed by atoms with Gasteiger partial charge in [0, 0.05) is 19.2 Å². The molecule has 1 aromatic rings. The van der Waals surface area contributed by atoms with Gasteiger partial charge >= 0.3 is 0 Å². The molecule has 1 aliphatic rings. The quantitative estimate of drug-likeness (QED) is 0.609. The fraction of sp³-hybridized carbons (Fsp3) is 0.455. The summed E-state index contributed by atoms with van der Waals surface area (Å²) < 4.78 is 0. The molecule has 6 nitrogen and oxygen atoms in total. The van der Waals surface area contributed by atoms with Crippen LogP contribution in [-0.4, -0.2) is 23.1 Å². The van der Waals surface area contributed by atoms with Crippen LogP contribution in [0.1, 0.15) is 19.3 Å². The fourth-order valence-electron chi connectivity index (χ4n) is 1.88. The van der Waals surface area contributed by atoms with Crippen molar-refractivity contribution >= 4 is 17.6 Å². The first kappa shape index (κ1) is 11.5. The zero-order chi connectivity index (χ0) is 12.1. The van der Waals surface area contributed by atoms with Gasteiger partial charge in [0.15, 0.2) is 0 Å². The molecular formula is C11H17N5O. The Morgan fingerprint density at radius 2 is 2.12 bits per heavy atom. The Morgan fingerprint density at radius 3 is 2.82 bits per heavy atom. The molecule has 0 atom stereocenters. The number of nitrogens with one attached hydrogen (secondary N) is 1. The van der Waals surface area contributed by atoms with Gasteiger partial charge in [0.05, 0.1) is 0 Å². The van der Waals surface area contributed by atoms with Crippen LogP contribution in [0, 0.1) is 0 Å². The predicted octanol–water partition coefficient (Wildman–Crippen LogP) is 1.54. The number of rotatable bonds is 4. The molecule has 1 aliphatic heterocycles. The summed E-state index contributed by atoms with van der Waals surface area (Å²) in [6.45, 7) is 5.45. The van der Waals surface area contributed by atoms with Gasteiger partial charge in [-0.3, -0.25) is 0 Å². The minimum absolute atomic E-state index is 0.352. The maximum absolute atomic E-state index is 5.74. The molecule has 1 fully saturated rings. The van der Waals surface area contributed by atoms with Crippen LogP contribution in [0.3, 0.4) is 0 Å². The summed E-state index contributed by atoms with van der Waals surface area (Å²) >= 11 is 0. The highest BCUT2D eigenvalue weighted by molar-refractivity contribution is 5.51. The molecule has 0 radical (unpaired) electrons. The van der Waals surface area contributed by atoms with Crippen LogP contribution in [-0.2, 0) is 4.84 Å². The lowest BCUT2D eigenvalue weighted by atomic mass is 10.1. The summed E-state index contributed by atoms with van der Waals surface area (Å²) in [5.41, 5.74) is 8.31. The summed E-state index contributed by atoms with van der Waals surface area (Å²) in [4.78, 5) is 15.4. The second-order valence-electron chi connectivity index (χ2n) is 3.91. The molecule has 92 valence electrons. The first-order valence-electron chi connectivity index (χ1n) is 5.71. The van der Waals surface area contributed by atoms with Gasteiger partial charge in [0.2, 0.25) is 0 Å². The van der Waals surface area contributed by atoms with Crippen molar-refractivity contribution in [3.05, 3.63) is 18.9 Å². The van der Waals surface area contributed by atoms with Crippen LogP contribution in [0.25, 0.3) is 0 Å². The van der Waals surface area contributed by atoms with Crippen molar-refractivity contribution in [3.8, 4) is 0 Å². The molecule has 2 heterocycles. The van der Waals surface area contributed by atoms with E-state index in [4.69, 9.17) is 10.6 Å². The Labute approximate surface area is 100 Å². The number of nitrogens with zero attached hydrogens (tertiary/aromatic N) is 3. The molecular weight excluding hydrogens is 218 g/mol. The van der Waals surface area contributed by atoms with Crippen molar-refractivity contribution in [3.63, 3.8) is 0 Å². The summed E-state index contributed by atoms with van der Waals surface area (Å²) in [6.07, 6.45) is 4.93. The molecule has 3 N–H and O–H groups in total. The maximum atomic E-state index is 5.74. The maximum Gasteiger partial charge on any atom is 0.260 e. The highest BCUT2D eigenvalue weighted by Crippen LogP contribution is 2.20. The number of nitrogens with two attached hydrogens (primary N) is 1. The summed E-state index contributed by atoms with van der Waals surface area (Å²) in [5, 5.41) is 0. The summed E-state index contributed by atoms with van der Waals surface area (Å²) in [5.74, 6) is 1.62. The largest absolute Gasteiger partial charge is 0.388 e. The van der Waals surface area contributed by atoms with Gasteiger partial charge in [-0.2, -0.15) is 15.4 Å². The van der Waals surface area contributed by atoms with E-state index in [1.807, 2.05) is 0 Å². The first-order chi connectivity index (χ1) is 8.29. The lowest BCUT2D eigenvalue weighted by Crippen LogP contribution is -2.30. The SMILES string of the molecule is C=CONc1nc(N)cc(N2CCCCC2)n1. The fourth-order valence-corrected chi connectivity index (χ4v) is 1.88. The molecule has 0 unspecified atom stereocenters. The summed E-state index contributed by atoms with van der Waals surface area (Å²) in [7, 11) is 0. The predicted molar refractivity (Wildman–Crippen MR) is 67.4 cm³/mol. The van der Waals surface area contributed by atoms with Gasteiger partial charge in [-0.05, 0) is 19.3 Å². The second kappa shape index (κ2) is 5.38. The van der Waals surface area contributed by atoms with Crippen molar-refractivity contribution < 1.29 is 4.84 Å². The highest BCUT2D eigenvalue weighted by Gasteiger charge is 2.13. The molecule has 0 aliphatic carbocycles. The zero-order valence-corrected chi connectivity index (χ0v) is 9.72. The molecule has 6 heteroatoms. The minimum Gasteiger partial charge on any atom is -0.388 e. The van der Waals surface area contributed by atoms with Crippen LogP contribution < -0.4 is 16.1 Å². The van der Waals surface area contributed by atoms with Crippen molar-refractivity contribution in [2.45, 2.75) is 19.3 Å². The Bertz CT molecular complexity index is 389. The van der Waals surface area contributed by atoms with Crippen molar-refractivity contribution in [2.24, 2.45) is 0 Å². The average molecular weight is 235 g/mol. The lowest BCUT2D eigenvalue weighted by molar-refractivity contribution is 0.326. The van der Waals surface area contributed by atoms with Crippen LogP contribution >= 0.6 is 0 Å². The van der Waals surface area contributed by atoms with E-state index in [1.54, 1.807) is 6.07 Å². The van der Waals surface area contributed by atoms with E-state index in [1.165, 1.54) is 25.5 Å². The van der Waals surface area contributed by atoms with Crippen molar-refractivity contribution in [1.82, 2.24) is 9.97 Å². The number of hydrogen-bond donors (Lipinski definition) is 2. The Hall–Kier alpha value is -1.98. The van der Waals surface area contributed by atoms with E-state index in [2.05, 4.69) is 26.9 Å². The normalized spacial score (nSPS) is 15.4. The summed E-state index contributed by atoms with van der Waals surface area (Å²) in [6, 6.07) is 1.78. The van der Waals surface area contributed by atoms with Crippen LogP contribution in [0.2, 0.25) is 0 Å². The molecule has 0 saturated carbocycles. The van der Waals surface area contributed by atoms with E-state index in [0.29, 0.717) is 11.8 Å². The smallest absolute Gasteiger partial charge is 0.260 e. The molecule has 1 aromatic heterocycles. The lowest BCUT2D eigenvalue weighted by Gasteiger charge is -2.27. The monoisotopic (exact) mass is 235 g/mol. The number of piperidine rings is 1. The van der Waals surface area contributed by atoms with Gasteiger partial charge in [0.1, 0.15) is 17.9 Å². The van der Waals surface area contributed by atoms with Crippen LogP contribution in [0.5, 0.6) is 0 Å². The molecule has 0 bridgehead atoms. The van der Waals surface area contributed by atoms with E-state index >= 15 is 0 Å². The standard InChI is InChI=1S/C11H17N5O/c1-2-17-15-11-13-9(12)8-10(14-11)16-6-4-3-5-7-16/h2,8H,1,3-7H2,(H3,12,13,14,15). The van der Waals surface area contributed by atoms with Gasteiger partial charge in [-0.15, -0.1) is 0 Å². The Balaban J connectivity index is 2.14. The van der Waals surface area contributed by atoms with E-state index in [0.717, 1.165) is 18.9 Å². The van der Waals surface area contributed by atoms with E-state index in [-0.39, 0.29) is 0 Å². The van der Waals surface area contributed by atoms with Crippen molar-refractivity contribution in [1.29, 1.82) is 0 Å².